The molecule has 0 aromatic carbocycles. The van der Waals surface area contributed by atoms with Crippen LogP contribution in [0.15, 0.2) is 0 Å². The summed E-state index contributed by atoms with van der Waals surface area (Å²) in [5.74, 6) is 0.962. The lowest BCUT2D eigenvalue weighted by Gasteiger charge is -2.26. The lowest BCUT2D eigenvalue weighted by atomic mass is 9.99. The molecule has 1 saturated heterocycles. The van der Waals surface area contributed by atoms with E-state index >= 15 is 0 Å². The van der Waals surface area contributed by atoms with Crippen LogP contribution in [-0.2, 0) is 0 Å². The SMILES string of the molecule is N=C(N)CC1CNC1. The van der Waals surface area contributed by atoms with Gasteiger partial charge in [0.1, 0.15) is 0 Å². The molecule has 1 heterocycles. The maximum Gasteiger partial charge on any atom is 0.0909 e. The molecule has 1 aliphatic rings. The Labute approximate surface area is 48.8 Å². The summed E-state index contributed by atoms with van der Waals surface area (Å²) in [5.41, 5.74) is 5.16. The first-order valence-corrected chi connectivity index (χ1v) is 2.82. The van der Waals surface area contributed by atoms with Crippen molar-refractivity contribution in [1.82, 2.24) is 5.32 Å². The first-order chi connectivity index (χ1) is 3.79. The van der Waals surface area contributed by atoms with Gasteiger partial charge in [0, 0.05) is 6.42 Å². The third-order valence-corrected chi connectivity index (χ3v) is 1.37. The van der Waals surface area contributed by atoms with Crippen LogP contribution in [0.4, 0.5) is 0 Å². The largest absolute Gasteiger partial charge is 0.388 e. The zero-order valence-corrected chi connectivity index (χ0v) is 4.78. The second-order valence-electron chi connectivity index (χ2n) is 2.25. The number of nitrogens with two attached hydrogens (primary N) is 1. The third-order valence-electron chi connectivity index (χ3n) is 1.37. The standard InChI is InChI=1S/C5H11N3/c6-5(7)1-4-2-8-3-4/h4,8H,1-3H2,(H3,6,7). The number of nitrogens with one attached hydrogen (secondary N) is 2. The van der Waals surface area contributed by atoms with E-state index in [1.165, 1.54) is 0 Å². The van der Waals surface area contributed by atoms with Gasteiger partial charge in [-0.1, -0.05) is 0 Å². The molecule has 0 aliphatic carbocycles. The van der Waals surface area contributed by atoms with Crippen LogP contribution in [0.3, 0.4) is 0 Å². The van der Waals surface area contributed by atoms with Gasteiger partial charge in [-0.3, -0.25) is 5.41 Å². The van der Waals surface area contributed by atoms with Gasteiger partial charge >= 0.3 is 0 Å². The summed E-state index contributed by atoms with van der Waals surface area (Å²) in [6, 6.07) is 0. The normalized spacial score (nSPS) is 20.0. The zero-order chi connectivity index (χ0) is 5.98. The van der Waals surface area contributed by atoms with Crippen LogP contribution in [-0.4, -0.2) is 18.9 Å². The van der Waals surface area contributed by atoms with Gasteiger partial charge in [-0.05, 0) is 19.0 Å². The Bertz CT molecular complexity index is 95.8. The molecule has 1 aliphatic heterocycles. The molecule has 1 fully saturated rings. The van der Waals surface area contributed by atoms with Gasteiger partial charge < -0.3 is 11.1 Å². The second kappa shape index (κ2) is 2.13. The van der Waals surface area contributed by atoms with Crippen molar-refractivity contribution in [3.05, 3.63) is 0 Å². The lowest BCUT2D eigenvalue weighted by molar-refractivity contribution is 0.358. The molecule has 0 radical (unpaired) electrons. The van der Waals surface area contributed by atoms with Gasteiger partial charge in [-0.25, -0.2) is 0 Å². The van der Waals surface area contributed by atoms with Crippen molar-refractivity contribution in [1.29, 1.82) is 5.41 Å². The fourth-order valence-electron chi connectivity index (χ4n) is 0.804. The Morgan fingerprint density at radius 1 is 1.75 bits per heavy atom. The first kappa shape index (κ1) is 5.56. The summed E-state index contributed by atoms with van der Waals surface area (Å²) in [6.07, 6.45) is 0.771. The summed E-state index contributed by atoms with van der Waals surface area (Å²) >= 11 is 0. The quantitative estimate of drug-likeness (QED) is 0.335. The maximum atomic E-state index is 6.91. The highest BCUT2D eigenvalue weighted by atomic mass is 14.9. The molecule has 46 valence electrons. The van der Waals surface area contributed by atoms with Gasteiger partial charge in [0.25, 0.3) is 0 Å². The van der Waals surface area contributed by atoms with E-state index in [1.807, 2.05) is 0 Å². The summed E-state index contributed by atoms with van der Waals surface area (Å²) in [6.45, 7) is 2.08. The molecule has 0 bridgehead atoms. The molecule has 1 rings (SSSR count). The predicted octanol–water partition coefficient (Wildman–Crippen LogP) is -0.468. The van der Waals surface area contributed by atoms with Gasteiger partial charge in [0.05, 0.1) is 5.84 Å². The Morgan fingerprint density at radius 3 is 2.50 bits per heavy atom. The van der Waals surface area contributed by atoms with Crippen molar-refractivity contribution < 1.29 is 0 Å². The van der Waals surface area contributed by atoms with Crippen molar-refractivity contribution in [2.24, 2.45) is 11.7 Å². The van der Waals surface area contributed by atoms with Crippen LogP contribution in [0.1, 0.15) is 6.42 Å². The Kier molecular flexibility index (Phi) is 1.48. The Hall–Kier alpha value is -0.570. The second-order valence-corrected chi connectivity index (χ2v) is 2.25. The molecule has 8 heavy (non-hydrogen) atoms. The van der Waals surface area contributed by atoms with Crippen LogP contribution in [0, 0.1) is 11.3 Å². The van der Waals surface area contributed by atoms with E-state index < -0.39 is 0 Å². The molecular formula is C5H11N3. The molecule has 0 atom stereocenters. The van der Waals surface area contributed by atoms with Gasteiger partial charge in [-0.15, -0.1) is 0 Å². The third kappa shape index (κ3) is 1.20. The summed E-state index contributed by atoms with van der Waals surface area (Å²) in [5, 5.41) is 10.0. The Balaban J connectivity index is 2.09. The number of hydrogen-bond donors (Lipinski definition) is 3. The molecule has 3 heteroatoms. The van der Waals surface area contributed by atoms with Crippen LogP contribution in [0.25, 0.3) is 0 Å². The van der Waals surface area contributed by atoms with Crippen LogP contribution < -0.4 is 11.1 Å². The highest BCUT2D eigenvalue weighted by Gasteiger charge is 2.16. The van der Waals surface area contributed by atoms with Crippen LogP contribution in [0.2, 0.25) is 0 Å². The van der Waals surface area contributed by atoms with E-state index in [2.05, 4.69) is 5.32 Å². The van der Waals surface area contributed by atoms with E-state index in [0.29, 0.717) is 11.8 Å². The summed E-state index contributed by atoms with van der Waals surface area (Å²) in [4.78, 5) is 0. The van der Waals surface area contributed by atoms with Gasteiger partial charge in [-0.2, -0.15) is 0 Å². The van der Waals surface area contributed by atoms with Crippen molar-refractivity contribution in [3.63, 3.8) is 0 Å². The van der Waals surface area contributed by atoms with E-state index in [1.54, 1.807) is 0 Å². The van der Waals surface area contributed by atoms with Crippen molar-refractivity contribution in [2.45, 2.75) is 6.42 Å². The smallest absolute Gasteiger partial charge is 0.0909 e. The van der Waals surface area contributed by atoms with E-state index in [0.717, 1.165) is 19.5 Å². The minimum absolute atomic E-state index is 0.316. The average molecular weight is 113 g/mol. The molecular weight excluding hydrogens is 102 g/mol. The minimum Gasteiger partial charge on any atom is -0.388 e. The molecule has 0 spiro atoms. The molecule has 0 saturated carbocycles. The number of rotatable bonds is 2. The molecule has 0 aromatic heterocycles. The summed E-state index contributed by atoms with van der Waals surface area (Å²) < 4.78 is 0. The van der Waals surface area contributed by atoms with E-state index in [-0.39, 0.29) is 0 Å². The monoisotopic (exact) mass is 113 g/mol. The number of hydrogen-bond acceptors (Lipinski definition) is 2. The first-order valence-electron chi connectivity index (χ1n) is 2.82. The topological polar surface area (TPSA) is 61.9 Å². The molecule has 3 nitrogen and oxygen atoms in total. The molecule has 0 amide bonds. The minimum atomic E-state index is 0.316. The van der Waals surface area contributed by atoms with Gasteiger partial charge in [0.15, 0.2) is 0 Å². The van der Waals surface area contributed by atoms with Crippen LogP contribution >= 0.6 is 0 Å². The van der Waals surface area contributed by atoms with Crippen molar-refractivity contribution >= 4 is 5.84 Å². The Morgan fingerprint density at radius 2 is 2.38 bits per heavy atom. The van der Waals surface area contributed by atoms with E-state index in [9.17, 15) is 0 Å². The van der Waals surface area contributed by atoms with Gasteiger partial charge in [0.2, 0.25) is 0 Å². The molecule has 4 N–H and O–H groups in total. The van der Waals surface area contributed by atoms with Crippen molar-refractivity contribution in [3.8, 4) is 0 Å². The highest BCUT2D eigenvalue weighted by molar-refractivity contribution is 5.77. The zero-order valence-electron chi connectivity index (χ0n) is 4.78. The molecule has 0 aromatic rings. The predicted molar refractivity (Wildman–Crippen MR) is 32.9 cm³/mol. The molecule has 0 unspecified atom stereocenters. The fraction of sp³-hybridized carbons (Fsp3) is 0.800. The van der Waals surface area contributed by atoms with Crippen LogP contribution in [0.5, 0.6) is 0 Å². The average Bonchev–Trinajstić information content (AvgIpc) is 1.55. The number of amidine groups is 1. The van der Waals surface area contributed by atoms with E-state index in [4.69, 9.17) is 11.1 Å². The highest BCUT2D eigenvalue weighted by Crippen LogP contribution is 2.06. The van der Waals surface area contributed by atoms with Crippen molar-refractivity contribution in [2.75, 3.05) is 13.1 Å². The summed E-state index contributed by atoms with van der Waals surface area (Å²) in [7, 11) is 0. The fourth-order valence-corrected chi connectivity index (χ4v) is 0.804. The maximum absolute atomic E-state index is 6.91. The lowest BCUT2D eigenvalue weighted by Crippen LogP contribution is -2.43.